The van der Waals surface area contributed by atoms with Crippen LogP contribution in [0.4, 0.5) is 23.8 Å². The quantitative estimate of drug-likeness (QED) is 0.593. The fraction of sp³-hybridized carbons (Fsp3) is 0.375. The summed E-state index contributed by atoms with van der Waals surface area (Å²) >= 11 is 0. The molecule has 2 amide bonds. The molecule has 3 aromatic rings. The number of primary amides is 1. The lowest BCUT2D eigenvalue weighted by molar-refractivity contribution is -0.143. The van der Waals surface area contributed by atoms with Gasteiger partial charge in [0, 0.05) is 29.9 Å². The van der Waals surface area contributed by atoms with Gasteiger partial charge >= 0.3 is 12.2 Å². The SMILES string of the molecule is FC(F)(F)CN1CC[C@H](c2ccccn2)C1.NC(=O)Nc1c2c(nn1-c1ccccc1)CCC2. The van der Waals surface area contributed by atoms with E-state index >= 15 is 0 Å². The first kappa shape index (κ1) is 23.7. The van der Waals surface area contributed by atoms with E-state index in [4.69, 9.17) is 5.73 Å². The molecule has 3 N–H and O–H groups in total. The number of nitrogens with zero attached hydrogens (tertiary/aromatic N) is 4. The molecule has 0 saturated carbocycles. The van der Waals surface area contributed by atoms with Crippen LogP contribution in [-0.4, -0.2) is 51.5 Å². The van der Waals surface area contributed by atoms with Gasteiger partial charge in [-0.15, -0.1) is 0 Å². The van der Waals surface area contributed by atoms with E-state index in [0.29, 0.717) is 18.9 Å². The van der Waals surface area contributed by atoms with Gasteiger partial charge in [-0.05, 0) is 56.5 Å². The standard InChI is InChI=1S/C13H14N4O.C11H13F3N2/c14-13(18)15-12-10-7-4-8-11(10)16-17(12)9-5-2-1-3-6-9;12-11(13,14)8-16-6-4-9(7-16)10-3-1-2-5-15-10/h1-3,5-6H,4,7-8H2,(H3,14,15,18);1-3,5,9H,4,6-8H2/t;9-/m.0/s1. The molecule has 0 bridgehead atoms. The maximum atomic E-state index is 12.2. The molecular weight excluding hydrogens is 445 g/mol. The van der Waals surface area contributed by atoms with Gasteiger partial charge in [-0.1, -0.05) is 24.3 Å². The van der Waals surface area contributed by atoms with Gasteiger partial charge in [0.2, 0.25) is 0 Å². The van der Waals surface area contributed by atoms with Crippen LogP contribution >= 0.6 is 0 Å². The molecule has 1 aliphatic heterocycles. The number of rotatable bonds is 4. The van der Waals surface area contributed by atoms with Gasteiger partial charge < -0.3 is 5.73 Å². The molecule has 2 aromatic heterocycles. The maximum Gasteiger partial charge on any atom is 0.401 e. The van der Waals surface area contributed by atoms with Crippen molar-refractivity contribution in [3.63, 3.8) is 0 Å². The number of para-hydroxylation sites is 1. The first-order chi connectivity index (χ1) is 16.3. The zero-order valence-electron chi connectivity index (χ0n) is 18.6. The second kappa shape index (κ2) is 10.3. The number of nitrogens with two attached hydrogens (primary N) is 1. The van der Waals surface area contributed by atoms with Gasteiger partial charge in [-0.3, -0.25) is 15.2 Å². The lowest BCUT2D eigenvalue weighted by Gasteiger charge is -2.17. The van der Waals surface area contributed by atoms with E-state index in [9.17, 15) is 18.0 Å². The lowest BCUT2D eigenvalue weighted by Crippen LogP contribution is -2.32. The molecular formula is C24H27F3N6O. The monoisotopic (exact) mass is 472 g/mol. The molecule has 0 unspecified atom stereocenters. The Morgan fingerprint density at radius 1 is 1.12 bits per heavy atom. The van der Waals surface area contributed by atoms with E-state index in [1.165, 1.54) is 4.90 Å². The third-order valence-corrected chi connectivity index (χ3v) is 5.93. The van der Waals surface area contributed by atoms with Gasteiger partial charge in [-0.2, -0.15) is 18.3 Å². The molecule has 34 heavy (non-hydrogen) atoms. The number of amides is 2. The highest BCUT2D eigenvalue weighted by atomic mass is 19.4. The Labute approximate surface area is 195 Å². The second-order valence-electron chi connectivity index (χ2n) is 8.45. The van der Waals surface area contributed by atoms with Crippen LogP contribution in [0, 0.1) is 0 Å². The molecule has 3 heterocycles. The van der Waals surface area contributed by atoms with Crippen LogP contribution in [0.5, 0.6) is 0 Å². The number of likely N-dealkylation sites (tertiary alicyclic amines) is 1. The molecule has 0 radical (unpaired) electrons. The van der Waals surface area contributed by atoms with Crippen LogP contribution in [-0.2, 0) is 12.8 Å². The van der Waals surface area contributed by atoms with Crippen LogP contribution in [0.1, 0.15) is 35.7 Å². The summed E-state index contributed by atoms with van der Waals surface area (Å²) in [6.45, 7) is 0.146. The molecule has 1 fully saturated rings. The first-order valence-corrected chi connectivity index (χ1v) is 11.2. The van der Waals surface area contributed by atoms with E-state index in [-0.39, 0.29) is 5.92 Å². The number of aromatic nitrogens is 3. The summed E-state index contributed by atoms with van der Waals surface area (Å²) in [5.41, 5.74) is 9.22. The highest BCUT2D eigenvalue weighted by molar-refractivity contribution is 5.88. The van der Waals surface area contributed by atoms with Crippen LogP contribution in [0.2, 0.25) is 0 Å². The van der Waals surface area contributed by atoms with Gasteiger partial charge in [0.1, 0.15) is 5.82 Å². The van der Waals surface area contributed by atoms with Crippen molar-refractivity contribution in [3.8, 4) is 5.69 Å². The smallest absolute Gasteiger partial charge is 0.351 e. The molecule has 1 saturated heterocycles. The molecule has 1 atom stereocenters. The van der Waals surface area contributed by atoms with Crippen LogP contribution < -0.4 is 11.1 Å². The minimum absolute atomic E-state index is 0.142. The Morgan fingerprint density at radius 2 is 1.88 bits per heavy atom. The fourth-order valence-electron chi connectivity index (χ4n) is 4.48. The summed E-state index contributed by atoms with van der Waals surface area (Å²) in [4.78, 5) is 16.7. The van der Waals surface area contributed by atoms with Crippen LogP contribution in [0.15, 0.2) is 54.7 Å². The third kappa shape index (κ3) is 5.93. The Bertz CT molecular complexity index is 1100. The number of carbonyl (C=O) groups is 1. The Hall–Kier alpha value is -3.40. The number of alkyl halides is 3. The zero-order chi connectivity index (χ0) is 24.1. The van der Waals surface area contributed by atoms with Crippen molar-refractivity contribution in [2.24, 2.45) is 5.73 Å². The predicted octanol–water partition coefficient (Wildman–Crippen LogP) is 4.28. The molecule has 0 spiro atoms. The highest BCUT2D eigenvalue weighted by Gasteiger charge is 2.34. The predicted molar refractivity (Wildman–Crippen MR) is 123 cm³/mol. The number of anilines is 1. The normalized spacial score (nSPS) is 17.7. The number of aryl methyl sites for hydroxylation is 1. The minimum atomic E-state index is -4.10. The number of hydrogen-bond donors (Lipinski definition) is 2. The number of hydrogen-bond acceptors (Lipinski definition) is 4. The molecule has 7 nitrogen and oxygen atoms in total. The van der Waals surface area contributed by atoms with E-state index < -0.39 is 18.8 Å². The largest absolute Gasteiger partial charge is 0.401 e. The lowest BCUT2D eigenvalue weighted by atomic mass is 10.0. The van der Waals surface area contributed by atoms with E-state index in [2.05, 4.69) is 15.4 Å². The second-order valence-corrected chi connectivity index (χ2v) is 8.45. The van der Waals surface area contributed by atoms with Crippen molar-refractivity contribution in [2.75, 3.05) is 25.0 Å². The van der Waals surface area contributed by atoms with Crippen molar-refractivity contribution < 1.29 is 18.0 Å². The Kier molecular flexibility index (Phi) is 7.16. The molecule has 5 rings (SSSR count). The maximum absolute atomic E-state index is 12.2. The topological polar surface area (TPSA) is 89.1 Å². The van der Waals surface area contributed by atoms with Crippen molar-refractivity contribution in [3.05, 3.63) is 71.7 Å². The Balaban J connectivity index is 0.000000162. The Morgan fingerprint density at radius 3 is 2.56 bits per heavy atom. The number of fused-ring (bicyclic) bond motifs is 1. The minimum Gasteiger partial charge on any atom is -0.351 e. The van der Waals surface area contributed by atoms with Crippen molar-refractivity contribution in [1.82, 2.24) is 19.7 Å². The average molecular weight is 473 g/mol. The summed E-state index contributed by atoms with van der Waals surface area (Å²) in [7, 11) is 0. The summed E-state index contributed by atoms with van der Waals surface area (Å²) in [6, 6.07) is 14.7. The van der Waals surface area contributed by atoms with Crippen LogP contribution in [0.25, 0.3) is 5.69 Å². The summed E-state index contributed by atoms with van der Waals surface area (Å²) in [5, 5.41) is 7.25. The van der Waals surface area contributed by atoms with Crippen molar-refractivity contribution in [2.45, 2.75) is 37.8 Å². The third-order valence-electron chi connectivity index (χ3n) is 5.93. The number of nitrogens with one attached hydrogen (secondary N) is 1. The van der Waals surface area contributed by atoms with Gasteiger partial charge in [0.25, 0.3) is 0 Å². The average Bonchev–Trinajstić information content (AvgIpc) is 3.52. The number of benzene rings is 1. The highest BCUT2D eigenvalue weighted by Crippen LogP contribution is 2.31. The van der Waals surface area contributed by atoms with Gasteiger partial charge in [0.05, 0.1) is 17.9 Å². The molecule has 2 aliphatic rings. The number of carbonyl (C=O) groups excluding carboxylic acids is 1. The summed E-state index contributed by atoms with van der Waals surface area (Å²) in [6.07, 6.45) is 1.33. The van der Waals surface area contributed by atoms with Gasteiger partial charge in [-0.25, -0.2) is 9.48 Å². The zero-order valence-corrected chi connectivity index (χ0v) is 18.6. The van der Waals surface area contributed by atoms with Crippen molar-refractivity contribution in [1.29, 1.82) is 0 Å². The molecule has 10 heteroatoms. The molecule has 180 valence electrons. The first-order valence-electron chi connectivity index (χ1n) is 11.2. The van der Waals surface area contributed by atoms with E-state index in [1.807, 2.05) is 48.5 Å². The summed E-state index contributed by atoms with van der Waals surface area (Å²) in [5.74, 6) is 0.852. The van der Waals surface area contributed by atoms with E-state index in [0.717, 1.165) is 48.3 Å². The molecule has 1 aromatic carbocycles. The molecule has 1 aliphatic carbocycles. The number of halogens is 3. The number of urea groups is 1. The fourth-order valence-corrected chi connectivity index (χ4v) is 4.48. The summed E-state index contributed by atoms with van der Waals surface area (Å²) < 4.78 is 38.3. The van der Waals surface area contributed by atoms with E-state index in [1.54, 1.807) is 10.9 Å². The van der Waals surface area contributed by atoms with Crippen LogP contribution in [0.3, 0.4) is 0 Å². The number of pyridine rings is 1. The van der Waals surface area contributed by atoms with Crippen molar-refractivity contribution >= 4 is 11.8 Å². The van der Waals surface area contributed by atoms with Gasteiger partial charge in [0.15, 0.2) is 0 Å².